The van der Waals surface area contributed by atoms with Crippen LogP contribution in [0.1, 0.15) is 12.8 Å². The zero-order valence-electron chi connectivity index (χ0n) is 13.6. The SMILES string of the molecule is O=C(Nc1ccc(Cl)cn1)C1CCN(c2nn3c(=O)ccnc3s2)CC1. The summed E-state index contributed by atoms with van der Waals surface area (Å²) in [7, 11) is 0. The molecule has 0 aromatic carbocycles. The molecule has 0 radical (unpaired) electrons. The molecule has 8 nitrogen and oxygen atoms in total. The number of carbonyl (C=O) groups excluding carboxylic acids is 1. The number of hydrogen-bond donors (Lipinski definition) is 1. The fourth-order valence-corrected chi connectivity index (χ4v) is 3.91. The topological polar surface area (TPSA) is 92.5 Å². The summed E-state index contributed by atoms with van der Waals surface area (Å²) in [5.74, 6) is 0.374. The Bertz CT molecular complexity index is 994. The first kappa shape index (κ1) is 16.9. The normalized spacial score (nSPS) is 15.3. The first-order valence-corrected chi connectivity index (χ1v) is 9.32. The Kier molecular flexibility index (Phi) is 4.56. The van der Waals surface area contributed by atoms with Crippen molar-refractivity contribution < 1.29 is 4.79 Å². The van der Waals surface area contributed by atoms with Gasteiger partial charge in [0.1, 0.15) is 5.82 Å². The van der Waals surface area contributed by atoms with Crippen LogP contribution in [0.15, 0.2) is 35.4 Å². The maximum atomic E-state index is 12.4. The molecule has 0 bridgehead atoms. The van der Waals surface area contributed by atoms with E-state index in [2.05, 4.69) is 25.3 Å². The lowest BCUT2D eigenvalue weighted by molar-refractivity contribution is -0.120. The van der Waals surface area contributed by atoms with Gasteiger partial charge in [0.25, 0.3) is 5.56 Å². The Balaban J connectivity index is 1.40. The first-order chi connectivity index (χ1) is 12.6. The highest BCUT2D eigenvalue weighted by Crippen LogP contribution is 2.27. The number of rotatable bonds is 3. The second-order valence-electron chi connectivity index (χ2n) is 5.97. The molecule has 1 aliphatic heterocycles. The van der Waals surface area contributed by atoms with Gasteiger partial charge in [0.05, 0.1) is 5.02 Å². The minimum absolute atomic E-state index is 0.0401. The highest BCUT2D eigenvalue weighted by molar-refractivity contribution is 7.20. The summed E-state index contributed by atoms with van der Waals surface area (Å²) < 4.78 is 1.31. The number of hydrogen-bond acceptors (Lipinski definition) is 7. The summed E-state index contributed by atoms with van der Waals surface area (Å²) in [6, 6.07) is 4.76. The predicted octanol–water partition coefficient (Wildman–Crippen LogP) is 2.05. The van der Waals surface area contributed by atoms with Gasteiger partial charge in [0, 0.05) is 37.5 Å². The van der Waals surface area contributed by atoms with Crippen molar-refractivity contribution in [1.82, 2.24) is 19.6 Å². The van der Waals surface area contributed by atoms with Crippen molar-refractivity contribution >= 4 is 44.8 Å². The molecule has 0 atom stereocenters. The quantitative estimate of drug-likeness (QED) is 0.735. The van der Waals surface area contributed by atoms with E-state index < -0.39 is 0 Å². The molecule has 1 saturated heterocycles. The van der Waals surface area contributed by atoms with E-state index in [4.69, 9.17) is 11.6 Å². The van der Waals surface area contributed by atoms with Crippen LogP contribution in [0.25, 0.3) is 4.96 Å². The number of halogens is 1. The molecular formula is C16H15ClN6O2S. The number of carbonyl (C=O) groups is 1. The van der Waals surface area contributed by atoms with Crippen molar-refractivity contribution in [3.63, 3.8) is 0 Å². The molecule has 0 saturated carbocycles. The highest BCUT2D eigenvalue weighted by atomic mass is 35.5. The number of nitrogens with zero attached hydrogens (tertiary/aromatic N) is 5. The summed E-state index contributed by atoms with van der Waals surface area (Å²) in [6.45, 7) is 1.39. The molecule has 0 aliphatic carbocycles. The molecule has 1 amide bonds. The largest absolute Gasteiger partial charge is 0.347 e. The Morgan fingerprint density at radius 3 is 2.73 bits per heavy atom. The van der Waals surface area contributed by atoms with E-state index >= 15 is 0 Å². The maximum absolute atomic E-state index is 12.4. The van der Waals surface area contributed by atoms with Gasteiger partial charge < -0.3 is 10.2 Å². The Labute approximate surface area is 157 Å². The molecule has 0 unspecified atom stereocenters. The standard InChI is InChI=1S/C16H15ClN6O2S/c17-11-1-2-12(19-9-11)20-14(25)10-4-7-22(8-5-10)16-21-23-13(24)3-6-18-15(23)26-16/h1-3,6,9-10H,4-5,7-8H2,(H,19,20,25). The fourth-order valence-electron chi connectivity index (χ4n) is 2.87. The van der Waals surface area contributed by atoms with Crippen molar-refractivity contribution in [3.05, 3.63) is 46.0 Å². The average Bonchev–Trinajstić information content (AvgIpc) is 3.09. The monoisotopic (exact) mass is 390 g/mol. The van der Waals surface area contributed by atoms with E-state index in [0.717, 1.165) is 5.13 Å². The van der Waals surface area contributed by atoms with Gasteiger partial charge in [-0.1, -0.05) is 22.9 Å². The summed E-state index contributed by atoms with van der Waals surface area (Å²) in [5.41, 5.74) is -0.192. The van der Waals surface area contributed by atoms with Crippen LogP contribution in [0.3, 0.4) is 0 Å². The summed E-state index contributed by atoms with van der Waals surface area (Å²) in [4.78, 5) is 35.1. The van der Waals surface area contributed by atoms with Crippen molar-refractivity contribution in [2.24, 2.45) is 5.92 Å². The lowest BCUT2D eigenvalue weighted by atomic mass is 9.96. The maximum Gasteiger partial charge on any atom is 0.275 e. The van der Waals surface area contributed by atoms with Crippen LogP contribution in [0.4, 0.5) is 10.9 Å². The molecule has 1 N–H and O–H groups in total. The van der Waals surface area contributed by atoms with Gasteiger partial charge in [-0.25, -0.2) is 9.97 Å². The van der Waals surface area contributed by atoms with Crippen molar-refractivity contribution in [2.45, 2.75) is 12.8 Å². The average molecular weight is 391 g/mol. The van der Waals surface area contributed by atoms with Gasteiger partial charge in [0.2, 0.25) is 16.0 Å². The fraction of sp³-hybridized carbons (Fsp3) is 0.312. The third kappa shape index (κ3) is 3.40. The molecule has 3 aromatic heterocycles. The van der Waals surface area contributed by atoms with Crippen LogP contribution >= 0.6 is 22.9 Å². The molecule has 0 spiro atoms. The van der Waals surface area contributed by atoms with E-state index in [0.29, 0.717) is 41.7 Å². The molecule has 10 heteroatoms. The number of piperidine rings is 1. The van der Waals surface area contributed by atoms with Gasteiger partial charge in [-0.2, -0.15) is 4.52 Å². The first-order valence-electron chi connectivity index (χ1n) is 8.12. The van der Waals surface area contributed by atoms with E-state index in [-0.39, 0.29) is 17.4 Å². The van der Waals surface area contributed by atoms with Crippen LogP contribution < -0.4 is 15.8 Å². The highest BCUT2D eigenvalue weighted by Gasteiger charge is 2.27. The Morgan fingerprint density at radius 1 is 1.23 bits per heavy atom. The minimum Gasteiger partial charge on any atom is -0.347 e. The smallest absolute Gasteiger partial charge is 0.275 e. The van der Waals surface area contributed by atoms with Crippen LogP contribution in [-0.2, 0) is 4.79 Å². The van der Waals surface area contributed by atoms with Crippen LogP contribution in [0.2, 0.25) is 5.02 Å². The third-order valence-corrected chi connectivity index (χ3v) is 5.48. The zero-order valence-corrected chi connectivity index (χ0v) is 15.2. The number of aromatic nitrogens is 4. The number of anilines is 2. The van der Waals surface area contributed by atoms with Crippen LogP contribution in [-0.4, -0.2) is 38.6 Å². The van der Waals surface area contributed by atoms with Gasteiger partial charge in [-0.15, -0.1) is 5.10 Å². The van der Waals surface area contributed by atoms with Gasteiger partial charge in [-0.3, -0.25) is 9.59 Å². The molecule has 1 aliphatic rings. The van der Waals surface area contributed by atoms with Crippen molar-refractivity contribution in [2.75, 3.05) is 23.3 Å². The predicted molar refractivity (Wildman–Crippen MR) is 99.9 cm³/mol. The molecule has 4 rings (SSSR count). The second kappa shape index (κ2) is 7.00. The number of nitrogens with one attached hydrogen (secondary N) is 1. The minimum atomic E-state index is -0.192. The second-order valence-corrected chi connectivity index (χ2v) is 7.35. The van der Waals surface area contributed by atoms with Crippen LogP contribution in [0.5, 0.6) is 0 Å². The Morgan fingerprint density at radius 2 is 2.04 bits per heavy atom. The lowest BCUT2D eigenvalue weighted by Gasteiger charge is -2.30. The molecule has 26 heavy (non-hydrogen) atoms. The van der Waals surface area contributed by atoms with Crippen molar-refractivity contribution in [1.29, 1.82) is 0 Å². The molecule has 3 aromatic rings. The van der Waals surface area contributed by atoms with E-state index in [1.165, 1.54) is 34.3 Å². The van der Waals surface area contributed by atoms with Gasteiger partial charge >= 0.3 is 0 Å². The summed E-state index contributed by atoms with van der Waals surface area (Å²) >= 11 is 7.17. The van der Waals surface area contributed by atoms with E-state index in [1.807, 2.05) is 0 Å². The summed E-state index contributed by atoms with van der Waals surface area (Å²) in [6.07, 6.45) is 4.40. The summed E-state index contributed by atoms with van der Waals surface area (Å²) in [5, 5.41) is 8.45. The third-order valence-electron chi connectivity index (χ3n) is 4.28. The zero-order chi connectivity index (χ0) is 18.1. The Hall–Kier alpha value is -2.52. The molecule has 1 fully saturated rings. The van der Waals surface area contributed by atoms with E-state index in [1.54, 1.807) is 12.1 Å². The van der Waals surface area contributed by atoms with Crippen LogP contribution in [0, 0.1) is 5.92 Å². The van der Waals surface area contributed by atoms with Crippen molar-refractivity contribution in [3.8, 4) is 0 Å². The number of fused-ring (bicyclic) bond motifs is 1. The van der Waals surface area contributed by atoms with Gasteiger partial charge in [-0.05, 0) is 25.0 Å². The molecule has 4 heterocycles. The van der Waals surface area contributed by atoms with E-state index in [9.17, 15) is 9.59 Å². The number of pyridine rings is 1. The lowest BCUT2D eigenvalue weighted by Crippen LogP contribution is -2.38. The molecule has 134 valence electrons. The van der Waals surface area contributed by atoms with Gasteiger partial charge in [0.15, 0.2) is 0 Å². The molecular weight excluding hydrogens is 376 g/mol. The number of amides is 1.